The van der Waals surface area contributed by atoms with Crippen LogP contribution in [-0.2, 0) is 22.6 Å². The fourth-order valence-corrected chi connectivity index (χ4v) is 3.34. The summed E-state index contributed by atoms with van der Waals surface area (Å²) in [5, 5.41) is 12.4. The zero-order chi connectivity index (χ0) is 27.9. The molecule has 2 aromatic carbocycles. The summed E-state index contributed by atoms with van der Waals surface area (Å²) in [6, 6.07) is 13.6. The first-order valence-corrected chi connectivity index (χ1v) is 12.9. The van der Waals surface area contributed by atoms with Gasteiger partial charge in [0, 0.05) is 37.8 Å². The van der Waals surface area contributed by atoms with E-state index in [4.69, 9.17) is 15.2 Å². The fourth-order valence-electron chi connectivity index (χ4n) is 3.34. The Morgan fingerprint density at radius 3 is 1.92 bits per heavy atom. The molecular weight excluding hydrogens is 503 g/mol. The predicted octanol–water partition coefficient (Wildman–Crippen LogP) is 2.78. The summed E-state index contributed by atoms with van der Waals surface area (Å²) in [5.41, 5.74) is 7.75. The highest BCUT2D eigenvalue weighted by molar-refractivity contribution is 5.94. The van der Waals surface area contributed by atoms with Gasteiger partial charge < -0.3 is 36.5 Å². The minimum Gasteiger partial charge on any atom is -0.378 e. The first kappa shape index (κ1) is 29.7. The number of benzene rings is 2. The summed E-state index contributed by atoms with van der Waals surface area (Å²) < 4.78 is 23.8. The monoisotopic (exact) mass is 540 g/mol. The van der Waals surface area contributed by atoms with Gasteiger partial charge in [0.1, 0.15) is 5.82 Å². The van der Waals surface area contributed by atoms with Gasteiger partial charge in [0.2, 0.25) is 17.8 Å². The fraction of sp³-hybridized carbons (Fsp3) is 0.407. The number of nitrogens with two attached hydrogens (primary N) is 1. The Labute approximate surface area is 228 Å². The van der Waals surface area contributed by atoms with Crippen molar-refractivity contribution in [1.29, 1.82) is 0 Å². The number of nitrogens with zero attached hydrogens (tertiary/aromatic N) is 3. The number of rotatable bonds is 17. The molecule has 11 nitrogen and oxygen atoms in total. The molecule has 6 N–H and O–H groups in total. The van der Waals surface area contributed by atoms with Gasteiger partial charge in [0.25, 0.3) is 5.91 Å². The molecule has 1 aromatic heterocycles. The second-order valence-corrected chi connectivity index (χ2v) is 8.91. The van der Waals surface area contributed by atoms with Gasteiger partial charge in [-0.1, -0.05) is 24.3 Å². The molecule has 3 aromatic rings. The van der Waals surface area contributed by atoms with E-state index in [1.807, 2.05) is 26.0 Å². The van der Waals surface area contributed by atoms with E-state index in [1.165, 1.54) is 12.1 Å². The average molecular weight is 541 g/mol. The predicted molar refractivity (Wildman–Crippen MR) is 149 cm³/mol. The normalized spacial score (nSPS) is 10.9. The molecule has 210 valence electrons. The molecule has 0 saturated carbocycles. The summed E-state index contributed by atoms with van der Waals surface area (Å²) in [5.74, 6) is 0.761. The largest absolute Gasteiger partial charge is 0.378 e. The summed E-state index contributed by atoms with van der Waals surface area (Å²) in [6.07, 6.45) is 0. The number of ether oxygens (including phenoxy) is 2. The lowest BCUT2D eigenvalue weighted by Gasteiger charge is -2.13. The van der Waals surface area contributed by atoms with Crippen LogP contribution in [0, 0.1) is 5.82 Å². The van der Waals surface area contributed by atoms with E-state index in [0.29, 0.717) is 76.0 Å². The lowest BCUT2D eigenvalue weighted by molar-refractivity contribution is 0.0511. The number of anilines is 3. The Bertz CT molecular complexity index is 1150. The van der Waals surface area contributed by atoms with Crippen LogP contribution in [0.3, 0.4) is 0 Å². The number of halogens is 1. The van der Waals surface area contributed by atoms with Gasteiger partial charge in [-0.15, -0.1) is 0 Å². The molecule has 0 radical (unpaired) electrons. The minimum atomic E-state index is -0.284. The third kappa shape index (κ3) is 11.2. The molecule has 0 saturated heterocycles. The first-order valence-electron chi connectivity index (χ1n) is 12.9. The Morgan fingerprint density at radius 1 is 0.821 bits per heavy atom. The smallest absolute Gasteiger partial charge is 0.251 e. The topological polar surface area (TPSA) is 148 Å². The maximum Gasteiger partial charge on any atom is 0.251 e. The quantitative estimate of drug-likeness (QED) is 0.162. The molecular formula is C27H37FN8O3. The number of amides is 1. The number of hydrogen-bond donors (Lipinski definition) is 5. The molecule has 0 bridgehead atoms. The molecule has 3 rings (SSSR count). The van der Waals surface area contributed by atoms with Gasteiger partial charge in [-0.2, -0.15) is 15.0 Å². The zero-order valence-corrected chi connectivity index (χ0v) is 22.4. The van der Waals surface area contributed by atoms with Crippen molar-refractivity contribution >= 4 is 23.8 Å². The van der Waals surface area contributed by atoms with E-state index >= 15 is 0 Å². The van der Waals surface area contributed by atoms with Gasteiger partial charge in [-0.05, 0) is 49.2 Å². The summed E-state index contributed by atoms with van der Waals surface area (Å²) in [4.78, 5) is 25.7. The molecule has 0 atom stereocenters. The molecule has 0 aliphatic heterocycles. The van der Waals surface area contributed by atoms with E-state index in [9.17, 15) is 9.18 Å². The maximum atomic E-state index is 13.2. The number of carbonyl (C=O) groups is 1. The molecule has 39 heavy (non-hydrogen) atoms. The van der Waals surface area contributed by atoms with Gasteiger partial charge in [0.05, 0.1) is 26.4 Å². The van der Waals surface area contributed by atoms with Crippen LogP contribution in [0.25, 0.3) is 0 Å². The molecule has 12 heteroatoms. The minimum absolute atomic E-state index is 0.130. The van der Waals surface area contributed by atoms with E-state index in [0.717, 1.165) is 11.1 Å². The van der Waals surface area contributed by atoms with Crippen molar-refractivity contribution in [3.8, 4) is 0 Å². The second-order valence-electron chi connectivity index (χ2n) is 8.91. The standard InChI is InChI=1S/C27H37FN8O3/c1-19(2)33-27-35-25(34-26(36-27)32-18-21-5-9-23(28)10-6-21)31-17-20-3-7-22(8-4-20)24(37)30-12-14-39-16-15-38-13-11-29/h3-10,19H,11-18,29H2,1-2H3,(H,30,37)(H3,31,32,33,34,35,36). The van der Waals surface area contributed by atoms with E-state index in [2.05, 4.69) is 36.2 Å². The van der Waals surface area contributed by atoms with Crippen molar-refractivity contribution in [3.05, 3.63) is 71.0 Å². The molecule has 0 unspecified atom stereocenters. The highest BCUT2D eigenvalue weighted by atomic mass is 19.1. The summed E-state index contributed by atoms with van der Waals surface area (Å²) >= 11 is 0. The molecule has 1 heterocycles. The first-order chi connectivity index (χ1) is 18.9. The lowest BCUT2D eigenvalue weighted by Crippen LogP contribution is -2.27. The van der Waals surface area contributed by atoms with E-state index in [1.54, 1.807) is 24.3 Å². The van der Waals surface area contributed by atoms with Gasteiger partial charge in [-0.25, -0.2) is 4.39 Å². The third-order valence-electron chi connectivity index (χ3n) is 5.25. The molecule has 0 spiro atoms. The van der Waals surface area contributed by atoms with Gasteiger partial charge >= 0.3 is 0 Å². The van der Waals surface area contributed by atoms with E-state index in [-0.39, 0.29) is 17.8 Å². The van der Waals surface area contributed by atoms with E-state index < -0.39 is 0 Å². The highest BCUT2D eigenvalue weighted by Gasteiger charge is 2.09. The van der Waals surface area contributed by atoms with Crippen molar-refractivity contribution < 1.29 is 18.7 Å². The van der Waals surface area contributed by atoms with Crippen LogP contribution in [0.5, 0.6) is 0 Å². The van der Waals surface area contributed by atoms with Crippen LogP contribution >= 0.6 is 0 Å². The van der Waals surface area contributed by atoms with Crippen molar-refractivity contribution in [3.63, 3.8) is 0 Å². The Balaban J connectivity index is 1.50. The van der Waals surface area contributed by atoms with Crippen LogP contribution in [0.2, 0.25) is 0 Å². The highest BCUT2D eigenvalue weighted by Crippen LogP contribution is 2.14. The van der Waals surface area contributed by atoms with Crippen molar-refractivity contribution in [2.45, 2.75) is 33.0 Å². The van der Waals surface area contributed by atoms with Crippen LogP contribution in [-0.4, -0.2) is 66.4 Å². The number of aromatic nitrogens is 3. The van der Waals surface area contributed by atoms with Crippen LogP contribution in [0.15, 0.2) is 48.5 Å². The Kier molecular flexibility index (Phi) is 12.3. The number of hydrogen-bond acceptors (Lipinski definition) is 10. The second kappa shape index (κ2) is 16.2. The number of carbonyl (C=O) groups excluding carboxylic acids is 1. The summed E-state index contributed by atoms with van der Waals surface area (Å²) in [6.45, 7) is 7.61. The number of nitrogens with one attached hydrogen (secondary N) is 4. The van der Waals surface area contributed by atoms with Crippen molar-refractivity contribution in [2.75, 3.05) is 55.5 Å². The molecule has 0 aliphatic rings. The third-order valence-corrected chi connectivity index (χ3v) is 5.25. The SMILES string of the molecule is CC(C)Nc1nc(NCc2ccc(F)cc2)nc(NCc2ccc(C(=O)NCCOCCOCCN)cc2)n1. The Morgan fingerprint density at radius 2 is 1.36 bits per heavy atom. The van der Waals surface area contributed by atoms with Crippen LogP contribution < -0.4 is 27.0 Å². The molecule has 0 aliphatic carbocycles. The summed E-state index contributed by atoms with van der Waals surface area (Å²) in [7, 11) is 0. The maximum absolute atomic E-state index is 13.2. The lowest BCUT2D eigenvalue weighted by atomic mass is 10.1. The van der Waals surface area contributed by atoms with Gasteiger partial charge in [-0.3, -0.25) is 4.79 Å². The molecule has 1 amide bonds. The van der Waals surface area contributed by atoms with Crippen molar-refractivity contribution in [1.82, 2.24) is 20.3 Å². The van der Waals surface area contributed by atoms with Crippen molar-refractivity contribution in [2.24, 2.45) is 5.73 Å². The van der Waals surface area contributed by atoms with Crippen LogP contribution in [0.4, 0.5) is 22.2 Å². The molecule has 0 fully saturated rings. The van der Waals surface area contributed by atoms with Crippen LogP contribution in [0.1, 0.15) is 35.3 Å². The Hall–Kier alpha value is -3.87. The van der Waals surface area contributed by atoms with Gasteiger partial charge in [0.15, 0.2) is 0 Å². The average Bonchev–Trinajstić information content (AvgIpc) is 2.93. The zero-order valence-electron chi connectivity index (χ0n) is 22.4.